The van der Waals surface area contributed by atoms with Crippen LogP contribution >= 0.6 is 11.3 Å². The molecule has 0 spiro atoms. The van der Waals surface area contributed by atoms with Crippen LogP contribution in [0.1, 0.15) is 50.1 Å². The molecule has 2 aromatic heterocycles. The number of hydrogen-bond donors (Lipinski definition) is 2. The summed E-state index contributed by atoms with van der Waals surface area (Å²) in [6.07, 6.45) is 0.341. The number of carbonyl (C=O) groups is 2. The summed E-state index contributed by atoms with van der Waals surface area (Å²) in [4.78, 5) is 33.4. The van der Waals surface area contributed by atoms with Crippen molar-refractivity contribution in [3.05, 3.63) is 63.5 Å². The monoisotopic (exact) mass is 503 g/mol. The molecule has 7 nitrogen and oxygen atoms in total. The minimum absolute atomic E-state index is 0.0401. The molecule has 0 saturated carbocycles. The molecular formula is C28H29N3O4S. The number of aliphatic hydroxyl groups excluding tert-OH is 1. The third kappa shape index (κ3) is 4.15. The van der Waals surface area contributed by atoms with Gasteiger partial charge >= 0.3 is 0 Å². The molecule has 1 fully saturated rings. The Labute approximate surface area is 213 Å². The Morgan fingerprint density at radius 2 is 1.97 bits per heavy atom. The van der Waals surface area contributed by atoms with Crippen molar-refractivity contribution in [2.75, 3.05) is 30.4 Å². The van der Waals surface area contributed by atoms with Crippen LogP contribution in [0, 0.1) is 13.8 Å². The molecule has 1 atom stereocenters. The number of aromatic nitrogens is 1. The number of hydrogen-bond acceptors (Lipinski definition) is 7. The lowest BCUT2D eigenvalue weighted by Crippen LogP contribution is -2.23. The molecule has 0 aliphatic carbocycles. The fourth-order valence-electron chi connectivity index (χ4n) is 5.13. The minimum atomic E-state index is -0.368. The maximum Gasteiger partial charge on any atom is 0.267 e. The highest BCUT2D eigenvalue weighted by atomic mass is 32.1. The van der Waals surface area contributed by atoms with E-state index in [9.17, 15) is 14.7 Å². The number of nitrogens with one attached hydrogen (secondary N) is 1. The van der Waals surface area contributed by atoms with Crippen LogP contribution in [0.3, 0.4) is 0 Å². The van der Waals surface area contributed by atoms with Crippen molar-refractivity contribution in [3.8, 4) is 0 Å². The molecule has 1 unspecified atom stereocenters. The van der Waals surface area contributed by atoms with E-state index in [2.05, 4.69) is 10.2 Å². The van der Waals surface area contributed by atoms with E-state index in [4.69, 9.17) is 9.72 Å². The Morgan fingerprint density at radius 1 is 1.19 bits per heavy atom. The summed E-state index contributed by atoms with van der Waals surface area (Å²) in [6, 6.07) is 11.6. The summed E-state index contributed by atoms with van der Waals surface area (Å²) in [5.74, 6) is 0.197. The van der Waals surface area contributed by atoms with Crippen LogP contribution in [0.15, 0.2) is 36.4 Å². The van der Waals surface area contributed by atoms with E-state index in [1.807, 2.05) is 50.2 Å². The molecule has 186 valence electrons. The molecular weight excluding hydrogens is 474 g/mol. The number of fused-ring (bicyclic) bond motifs is 2. The van der Waals surface area contributed by atoms with Crippen molar-refractivity contribution in [2.45, 2.75) is 39.9 Å². The third-order valence-electron chi connectivity index (χ3n) is 6.86. The number of rotatable bonds is 6. The topological polar surface area (TPSA) is 91.8 Å². The van der Waals surface area contributed by atoms with Crippen molar-refractivity contribution in [1.29, 1.82) is 0 Å². The van der Waals surface area contributed by atoms with Crippen molar-refractivity contribution in [3.63, 3.8) is 0 Å². The van der Waals surface area contributed by atoms with Crippen molar-refractivity contribution in [2.24, 2.45) is 0 Å². The number of thiophene rings is 1. The molecule has 1 aliphatic rings. The van der Waals surface area contributed by atoms with Crippen LogP contribution in [-0.2, 0) is 11.3 Å². The zero-order valence-electron chi connectivity index (χ0n) is 20.8. The first-order valence-electron chi connectivity index (χ1n) is 12.0. The number of amides is 1. The number of Topliss-reactive ketones (excluding diaryl/α,β-unsaturated/α-hetero) is 1. The first kappa shape index (κ1) is 24.4. The van der Waals surface area contributed by atoms with Crippen molar-refractivity contribution < 1.29 is 19.4 Å². The molecule has 4 aromatic rings. The second-order valence-corrected chi connectivity index (χ2v) is 10.3. The summed E-state index contributed by atoms with van der Waals surface area (Å²) in [6.45, 7) is 7.09. The number of β-amino-alcohol motifs (C(OH)–C–C–N with tert-alkyl or cyclic N) is 1. The Kier molecular flexibility index (Phi) is 6.51. The van der Waals surface area contributed by atoms with Crippen LogP contribution in [0.25, 0.3) is 21.0 Å². The predicted molar refractivity (Wildman–Crippen MR) is 145 cm³/mol. The fraction of sp³-hybridized carbons (Fsp3) is 0.321. The van der Waals surface area contributed by atoms with Crippen LogP contribution in [0.2, 0.25) is 0 Å². The second kappa shape index (κ2) is 9.61. The molecule has 1 aliphatic heterocycles. The molecule has 2 N–H and O–H groups in total. The third-order valence-corrected chi connectivity index (χ3v) is 8.19. The maximum atomic E-state index is 13.6. The number of aliphatic hydroxyl groups is 1. The highest BCUT2D eigenvalue weighted by Crippen LogP contribution is 2.39. The van der Waals surface area contributed by atoms with Gasteiger partial charge in [-0.2, -0.15) is 0 Å². The molecule has 5 rings (SSSR count). The summed E-state index contributed by atoms with van der Waals surface area (Å²) in [5.41, 5.74) is 5.00. The number of nitrogens with zero attached hydrogens (tertiary/aromatic N) is 2. The molecule has 3 heterocycles. The van der Waals surface area contributed by atoms with E-state index in [1.165, 1.54) is 11.3 Å². The summed E-state index contributed by atoms with van der Waals surface area (Å²) in [7, 11) is 1.63. The lowest BCUT2D eigenvalue weighted by Gasteiger charge is -2.24. The normalized spacial score (nSPS) is 15.7. The Balaban J connectivity index is 1.60. The van der Waals surface area contributed by atoms with Gasteiger partial charge in [0.2, 0.25) is 0 Å². The van der Waals surface area contributed by atoms with Gasteiger partial charge in [-0.3, -0.25) is 9.59 Å². The maximum absolute atomic E-state index is 13.6. The average Bonchev–Trinajstić information content (AvgIpc) is 3.43. The molecule has 0 radical (unpaired) electrons. The highest BCUT2D eigenvalue weighted by Gasteiger charge is 2.27. The number of ether oxygens (including phenoxy) is 1. The summed E-state index contributed by atoms with van der Waals surface area (Å²) >= 11 is 1.33. The average molecular weight is 504 g/mol. The standard InChI is InChI=1S/C28H29N3O4S/c1-15-23-18(14-35-4)9-10-20(17(3)32)26(23)36-25(15)28(34)30-27-16(2)24(31-12-11-19(33)13-31)21-7-5-6-8-22(21)29-27/h5-10,19,33H,11-14H2,1-4H3,(H,29,30,34). The van der Waals surface area contributed by atoms with E-state index in [-0.39, 0.29) is 17.8 Å². The number of benzene rings is 2. The number of anilines is 2. The quantitative estimate of drug-likeness (QED) is 0.350. The minimum Gasteiger partial charge on any atom is -0.391 e. The molecule has 8 heteroatoms. The van der Waals surface area contributed by atoms with Crippen LogP contribution in [0.5, 0.6) is 0 Å². The van der Waals surface area contributed by atoms with Gasteiger partial charge in [-0.1, -0.05) is 24.3 Å². The first-order chi connectivity index (χ1) is 17.3. The predicted octanol–water partition coefficient (Wildman–Crippen LogP) is 5.24. The van der Waals surface area contributed by atoms with Crippen molar-refractivity contribution >= 4 is 55.5 Å². The highest BCUT2D eigenvalue weighted by molar-refractivity contribution is 7.21. The van der Waals surface area contributed by atoms with E-state index >= 15 is 0 Å². The van der Waals surface area contributed by atoms with Gasteiger partial charge in [-0.05, 0) is 50.5 Å². The molecule has 1 saturated heterocycles. The zero-order valence-corrected chi connectivity index (χ0v) is 21.7. The number of carbonyl (C=O) groups excluding carboxylic acids is 2. The first-order valence-corrected chi connectivity index (χ1v) is 12.8. The number of ketones is 1. The molecule has 0 bridgehead atoms. The smallest absolute Gasteiger partial charge is 0.267 e. The van der Waals surface area contributed by atoms with Gasteiger partial charge < -0.3 is 20.1 Å². The van der Waals surface area contributed by atoms with Crippen LogP contribution in [0.4, 0.5) is 11.5 Å². The van der Waals surface area contributed by atoms with Gasteiger partial charge in [0.05, 0.1) is 28.8 Å². The number of para-hydroxylation sites is 1. The summed E-state index contributed by atoms with van der Waals surface area (Å²) < 4.78 is 6.17. The van der Waals surface area contributed by atoms with E-state index in [1.54, 1.807) is 14.0 Å². The van der Waals surface area contributed by atoms with Gasteiger partial charge in [-0.15, -0.1) is 11.3 Å². The Bertz CT molecular complexity index is 1510. The Hall–Kier alpha value is -3.33. The van der Waals surface area contributed by atoms with Gasteiger partial charge in [0, 0.05) is 46.8 Å². The largest absolute Gasteiger partial charge is 0.391 e. The molecule has 2 aromatic carbocycles. The van der Waals surface area contributed by atoms with Gasteiger partial charge in [0.15, 0.2) is 5.78 Å². The van der Waals surface area contributed by atoms with Gasteiger partial charge in [0.1, 0.15) is 5.82 Å². The van der Waals surface area contributed by atoms with Crippen LogP contribution in [-0.4, -0.2) is 48.1 Å². The van der Waals surface area contributed by atoms with E-state index in [0.717, 1.165) is 49.9 Å². The van der Waals surface area contributed by atoms with E-state index < -0.39 is 0 Å². The zero-order chi connectivity index (χ0) is 25.6. The molecule has 1 amide bonds. The fourth-order valence-corrected chi connectivity index (χ4v) is 6.44. The van der Waals surface area contributed by atoms with Gasteiger partial charge in [0.25, 0.3) is 5.91 Å². The number of methoxy groups -OCH3 is 1. The number of pyridine rings is 1. The Morgan fingerprint density at radius 3 is 2.67 bits per heavy atom. The van der Waals surface area contributed by atoms with Crippen molar-refractivity contribution in [1.82, 2.24) is 4.98 Å². The second-order valence-electron chi connectivity index (χ2n) is 9.32. The van der Waals surface area contributed by atoms with E-state index in [0.29, 0.717) is 35.8 Å². The lowest BCUT2D eigenvalue weighted by molar-refractivity contribution is 0.101. The van der Waals surface area contributed by atoms with Gasteiger partial charge in [-0.25, -0.2) is 4.98 Å². The molecule has 36 heavy (non-hydrogen) atoms. The number of aryl methyl sites for hydroxylation is 1. The summed E-state index contributed by atoms with van der Waals surface area (Å²) in [5, 5.41) is 15.1. The van der Waals surface area contributed by atoms with Crippen LogP contribution < -0.4 is 10.2 Å². The lowest BCUT2D eigenvalue weighted by atomic mass is 10.0. The SMILES string of the molecule is COCc1ccc(C(C)=O)c2sc(C(=O)Nc3nc4ccccc4c(N4CCC(O)C4)c3C)c(C)c12.